The highest BCUT2D eigenvalue weighted by Crippen LogP contribution is 2.22. The van der Waals surface area contributed by atoms with Gasteiger partial charge in [0.05, 0.1) is 6.21 Å². The summed E-state index contributed by atoms with van der Waals surface area (Å²) in [7, 11) is 1.36. The van der Waals surface area contributed by atoms with Crippen molar-refractivity contribution in [2.75, 3.05) is 13.6 Å². The van der Waals surface area contributed by atoms with Crippen LogP contribution in [-0.4, -0.2) is 52.7 Å². The van der Waals surface area contributed by atoms with E-state index in [1.165, 1.54) is 19.3 Å². The zero-order chi connectivity index (χ0) is 14.2. The van der Waals surface area contributed by atoms with Crippen molar-refractivity contribution in [3.8, 4) is 0 Å². The Morgan fingerprint density at radius 3 is 2.74 bits per heavy atom. The molecule has 0 aromatic heterocycles. The molecule has 102 valence electrons. The minimum atomic E-state index is -0.622. The second-order valence-electron chi connectivity index (χ2n) is 4.26. The molecule has 1 saturated heterocycles. The Morgan fingerprint density at radius 2 is 2.26 bits per heavy atom. The molecule has 2 aliphatic rings. The van der Waals surface area contributed by atoms with E-state index in [4.69, 9.17) is 4.74 Å². The molecular formula is C10H12N4O5. The van der Waals surface area contributed by atoms with Crippen molar-refractivity contribution in [1.29, 1.82) is 0 Å². The van der Waals surface area contributed by atoms with Crippen LogP contribution in [0, 0.1) is 16.0 Å². The average Bonchev–Trinajstić information content (AvgIpc) is 2.83. The first-order valence-corrected chi connectivity index (χ1v) is 5.55. The number of likely N-dealkylation sites (N-methyl/N-ethyl adjacent to an activating group) is 1. The number of nitro groups is 1. The molecule has 0 aliphatic carbocycles. The molecule has 0 saturated carbocycles. The van der Waals surface area contributed by atoms with Gasteiger partial charge in [-0.2, -0.15) is 5.10 Å². The second-order valence-corrected chi connectivity index (χ2v) is 4.26. The largest absolute Gasteiger partial charge is 0.431 e. The molecular weight excluding hydrogens is 256 g/mol. The van der Waals surface area contributed by atoms with E-state index >= 15 is 0 Å². The fourth-order valence-corrected chi connectivity index (χ4v) is 1.69. The van der Waals surface area contributed by atoms with Gasteiger partial charge in [0.25, 0.3) is 5.91 Å². The van der Waals surface area contributed by atoms with E-state index in [0.717, 1.165) is 9.91 Å². The summed E-state index contributed by atoms with van der Waals surface area (Å²) < 4.78 is 5.06. The third-order valence-electron chi connectivity index (χ3n) is 2.88. The molecule has 0 aromatic rings. The molecule has 9 nitrogen and oxygen atoms in total. The molecule has 0 radical (unpaired) electrons. The van der Waals surface area contributed by atoms with Crippen molar-refractivity contribution in [2.24, 2.45) is 11.0 Å². The van der Waals surface area contributed by atoms with Crippen LogP contribution >= 0.6 is 0 Å². The second kappa shape index (κ2) is 4.67. The van der Waals surface area contributed by atoms with Gasteiger partial charge >= 0.3 is 11.9 Å². The Labute approximate surface area is 108 Å². The summed E-state index contributed by atoms with van der Waals surface area (Å²) in [6.45, 7) is 1.60. The number of imide groups is 1. The minimum absolute atomic E-state index is 0.136. The first-order valence-electron chi connectivity index (χ1n) is 5.55. The monoisotopic (exact) mass is 268 g/mol. The summed E-state index contributed by atoms with van der Waals surface area (Å²) in [5, 5.41) is 15.4. The highest BCUT2D eigenvalue weighted by Gasteiger charge is 2.35. The van der Waals surface area contributed by atoms with Gasteiger partial charge in [-0.15, -0.1) is 0 Å². The number of hydrogen-bond acceptors (Lipinski definition) is 6. The van der Waals surface area contributed by atoms with Gasteiger partial charge in [0.15, 0.2) is 0 Å². The Hall–Kier alpha value is -2.45. The summed E-state index contributed by atoms with van der Waals surface area (Å²) in [4.78, 5) is 33.7. The van der Waals surface area contributed by atoms with E-state index in [9.17, 15) is 19.7 Å². The molecule has 19 heavy (non-hydrogen) atoms. The van der Waals surface area contributed by atoms with Gasteiger partial charge in [-0.05, 0) is 0 Å². The minimum Gasteiger partial charge on any atom is -0.431 e. The van der Waals surface area contributed by atoms with Crippen LogP contribution in [0.5, 0.6) is 0 Å². The number of hydrogen-bond donors (Lipinski definition) is 0. The lowest BCUT2D eigenvalue weighted by Crippen LogP contribution is -2.28. The number of hydrazone groups is 1. The van der Waals surface area contributed by atoms with Crippen LogP contribution in [0.4, 0.5) is 4.79 Å². The van der Waals surface area contributed by atoms with Crippen LogP contribution < -0.4 is 0 Å². The summed E-state index contributed by atoms with van der Waals surface area (Å²) in [6.07, 6.45) is 2.05. The van der Waals surface area contributed by atoms with Gasteiger partial charge in [-0.1, -0.05) is 6.92 Å². The molecule has 0 aromatic carbocycles. The van der Waals surface area contributed by atoms with E-state index < -0.39 is 17.1 Å². The zero-order valence-electron chi connectivity index (χ0n) is 10.3. The van der Waals surface area contributed by atoms with Crippen molar-refractivity contribution in [3.05, 3.63) is 22.1 Å². The maximum absolute atomic E-state index is 11.5. The van der Waals surface area contributed by atoms with Crippen molar-refractivity contribution >= 4 is 18.2 Å². The lowest BCUT2D eigenvalue weighted by atomic mass is 10.1. The Morgan fingerprint density at radius 1 is 1.58 bits per heavy atom. The first kappa shape index (κ1) is 13.0. The number of carbonyl (C=O) groups is 2. The third-order valence-corrected chi connectivity index (χ3v) is 2.88. The molecule has 3 amide bonds. The van der Waals surface area contributed by atoms with Crippen LogP contribution in [0.3, 0.4) is 0 Å². The van der Waals surface area contributed by atoms with Crippen LogP contribution in [0.1, 0.15) is 6.92 Å². The molecule has 1 fully saturated rings. The van der Waals surface area contributed by atoms with Gasteiger partial charge in [-0.3, -0.25) is 19.8 Å². The Bertz CT molecular complexity index is 500. The number of rotatable bonds is 3. The average molecular weight is 268 g/mol. The summed E-state index contributed by atoms with van der Waals surface area (Å²) >= 11 is 0. The molecule has 0 bridgehead atoms. The smallest absolute Gasteiger partial charge is 0.425 e. The fraction of sp³-hybridized carbons (Fsp3) is 0.500. The van der Waals surface area contributed by atoms with E-state index in [1.807, 2.05) is 0 Å². The fourth-order valence-electron chi connectivity index (χ4n) is 1.69. The van der Waals surface area contributed by atoms with Gasteiger partial charge in [0, 0.05) is 19.0 Å². The maximum Gasteiger partial charge on any atom is 0.425 e. The molecule has 2 aliphatic heterocycles. The van der Waals surface area contributed by atoms with Crippen LogP contribution in [0.15, 0.2) is 17.1 Å². The summed E-state index contributed by atoms with van der Waals surface area (Å²) in [5.41, 5.74) is 0. The quantitative estimate of drug-likeness (QED) is 0.310. The van der Waals surface area contributed by atoms with Crippen molar-refractivity contribution < 1.29 is 19.2 Å². The molecule has 0 spiro atoms. The molecule has 2 rings (SSSR count). The first-order chi connectivity index (χ1) is 8.90. The van der Waals surface area contributed by atoms with Gasteiger partial charge in [-0.25, -0.2) is 9.80 Å². The summed E-state index contributed by atoms with van der Waals surface area (Å²) in [5.74, 6) is -0.910. The molecule has 2 heterocycles. The highest BCUT2D eigenvalue weighted by atomic mass is 16.7. The third kappa shape index (κ3) is 2.39. The topological polar surface area (TPSA) is 105 Å². The lowest BCUT2D eigenvalue weighted by Gasteiger charge is -2.11. The number of urea groups is 1. The van der Waals surface area contributed by atoms with Crippen molar-refractivity contribution in [2.45, 2.75) is 13.0 Å². The number of nitrogens with zero attached hydrogens (tertiary/aromatic N) is 4. The number of carbonyl (C=O) groups excluding carboxylic acids is 2. The van der Waals surface area contributed by atoms with Crippen LogP contribution in [-0.2, 0) is 9.53 Å². The molecule has 2 unspecified atom stereocenters. The predicted molar refractivity (Wildman–Crippen MR) is 62.5 cm³/mol. The van der Waals surface area contributed by atoms with Crippen molar-refractivity contribution in [3.63, 3.8) is 0 Å². The van der Waals surface area contributed by atoms with Gasteiger partial charge in [0.1, 0.15) is 17.6 Å². The SMILES string of the molecule is CC1C=C([N+](=O)[O-])OC1/C=N/N1CC(=O)N(C)C1=O. The normalized spacial score (nSPS) is 27.2. The lowest BCUT2D eigenvalue weighted by molar-refractivity contribution is -0.462. The molecule has 0 N–H and O–H groups in total. The van der Waals surface area contributed by atoms with Crippen molar-refractivity contribution in [1.82, 2.24) is 9.91 Å². The number of ether oxygens (including phenoxy) is 1. The predicted octanol–water partition coefficient (Wildman–Crippen LogP) is 0.0192. The van der Waals surface area contributed by atoms with Gasteiger partial charge < -0.3 is 4.74 Å². The van der Waals surface area contributed by atoms with E-state index in [0.29, 0.717) is 0 Å². The van der Waals surface area contributed by atoms with E-state index in [-0.39, 0.29) is 24.3 Å². The van der Waals surface area contributed by atoms with Crippen LogP contribution in [0.2, 0.25) is 0 Å². The zero-order valence-corrected chi connectivity index (χ0v) is 10.3. The Balaban J connectivity index is 2.00. The van der Waals surface area contributed by atoms with Crippen LogP contribution in [0.25, 0.3) is 0 Å². The highest BCUT2D eigenvalue weighted by molar-refractivity contribution is 6.01. The number of amides is 3. The molecule has 9 heteroatoms. The summed E-state index contributed by atoms with van der Waals surface area (Å²) in [6, 6.07) is -0.533. The van der Waals surface area contributed by atoms with E-state index in [1.54, 1.807) is 6.92 Å². The van der Waals surface area contributed by atoms with Gasteiger partial charge in [0.2, 0.25) is 0 Å². The van der Waals surface area contributed by atoms with E-state index in [2.05, 4.69) is 5.10 Å². The Kier molecular flexibility index (Phi) is 3.19. The standard InChI is InChI=1S/C10H12N4O5/c1-6-3-9(14(17)18)19-7(6)4-11-13-5-8(15)12(2)10(13)16/h3-4,6-7H,5H2,1-2H3/b11-4+. The maximum atomic E-state index is 11.5. The molecule has 2 atom stereocenters.